The first-order valence-electron chi connectivity index (χ1n) is 11.8. The zero-order valence-corrected chi connectivity index (χ0v) is 20.9. The first kappa shape index (κ1) is 24.3. The van der Waals surface area contributed by atoms with Gasteiger partial charge in [-0.2, -0.15) is 5.21 Å². The summed E-state index contributed by atoms with van der Waals surface area (Å²) in [6.07, 6.45) is 6.84. The Morgan fingerprint density at radius 1 is 1.06 bits per heavy atom. The second-order valence-corrected chi connectivity index (χ2v) is 8.83. The first-order valence-corrected chi connectivity index (χ1v) is 11.8. The number of nitrogens with one attached hydrogen (secondary N) is 3. The van der Waals surface area contributed by atoms with Gasteiger partial charge in [0.15, 0.2) is 0 Å². The maximum Gasteiger partial charge on any atom is 0.270 e. The van der Waals surface area contributed by atoms with E-state index in [0.717, 1.165) is 39.3 Å². The Morgan fingerprint density at radius 2 is 1.74 bits per heavy atom. The van der Waals surface area contributed by atoms with E-state index in [9.17, 15) is 4.79 Å². The number of rotatable bonds is 8. The molecule has 3 N–H and O–H groups in total. The van der Waals surface area contributed by atoms with Gasteiger partial charge in [-0.05, 0) is 62.6 Å². The number of carbonyl (C=O) groups excluding carboxylic acids is 1. The number of amides is 1. The maximum atomic E-state index is 12.6. The fourth-order valence-corrected chi connectivity index (χ4v) is 4.74. The van der Waals surface area contributed by atoms with Gasteiger partial charge in [0.05, 0.1) is 14.2 Å². The monoisotopic (exact) mass is 476 g/mol. The first-order chi connectivity index (χ1) is 16.9. The molecule has 184 valence electrons. The largest absolute Gasteiger partial charge is 0.496 e. The van der Waals surface area contributed by atoms with Crippen LogP contribution in [-0.4, -0.2) is 46.8 Å². The van der Waals surface area contributed by atoms with Gasteiger partial charge >= 0.3 is 0 Å². The number of aromatic nitrogens is 4. The summed E-state index contributed by atoms with van der Waals surface area (Å²) in [5.74, 6) is 1.22. The van der Waals surface area contributed by atoms with Crippen LogP contribution in [0.4, 0.5) is 11.6 Å². The highest BCUT2D eigenvalue weighted by Gasteiger charge is 2.22. The molecule has 0 aliphatic heterocycles. The van der Waals surface area contributed by atoms with Gasteiger partial charge in [-0.15, -0.1) is 5.10 Å². The standard InChI is InChI=1S/C26H32N6O3/c1-15(25(33)28-26-29-31-32-30-26)14-21-16(2)24(35-5)22(17(3)23(21)34-4)18-10-12-20(13-11-18)27-19-8-6-7-9-19/h10-14,19,27H,6-9H2,1-5H3,(H2,28,29,30,31,32,33). The van der Waals surface area contributed by atoms with Gasteiger partial charge in [0.25, 0.3) is 11.9 Å². The van der Waals surface area contributed by atoms with Crippen LogP contribution >= 0.6 is 0 Å². The minimum atomic E-state index is -0.334. The summed E-state index contributed by atoms with van der Waals surface area (Å²) in [6, 6.07) is 9.02. The lowest BCUT2D eigenvalue weighted by molar-refractivity contribution is -0.112. The molecular formula is C26H32N6O3. The lowest BCUT2D eigenvalue weighted by Crippen LogP contribution is -2.14. The highest BCUT2D eigenvalue weighted by atomic mass is 16.5. The van der Waals surface area contributed by atoms with Crippen LogP contribution in [-0.2, 0) is 4.79 Å². The van der Waals surface area contributed by atoms with Crippen LogP contribution in [0.2, 0.25) is 0 Å². The average Bonchev–Trinajstić information content (AvgIpc) is 3.56. The van der Waals surface area contributed by atoms with Crippen LogP contribution < -0.4 is 20.1 Å². The predicted octanol–water partition coefficient (Wildman–Crippen LogP) is 4.90. The predicted molar refractivity (Wildman–Crippen MR) is 137 cm³/mol. The number of H-pyrrole nitrogens is 1. The van der Waals surface area contributed by atoms with Crippen molar-refractivity contribution in [3.8, 4) is 22.6 Å². The molecule has 0 spiro atoms. The molecule has 1 saturated carbocycles. The molecule has 35 heavy (non-hydrogen) atoms. The van der Waals surface area contributed by atoms with Crippen molar-refractivity contribution in [2.45, 2.75) is 52.5 Å². The highest BCUT2D eigenvalue weighted by molar-refractivity contribution is 6.06. The van der Waals surface area contributed by atoms with E-state index in [1.807, 2.05) is 13.8 Å². The third kappa shape index (κ3) is 5.13. The van der Waals surface area contributed by atoms with E-state index >= 15 is 0 Å². The Bertz CT molecular complexity index is 1210. The summed E-state index contributed by atoms with van der Waals surface area (Å²) in [6.45, 7) is 5.70. The summed E-state index contributed by atoms with van der Waals surface area (Å²) in [7, 11) is 3.30. The van der Waals surface area contributed by atoms with Crippen LogP contribution in [0.1, 0.15) is 49.3 Å². The van der Waals surface area contributed by atoms with Gasteiger partial charge in [-0.3, -0.25) is 10.1 Å². The van der Waals surface area contributed by atoms with Crippen molar-refractivity contribution < 1.29 is 14.3 Å². The molecule has 0 atom stereocenters. The molecule has 1 fully saturated rings. The summed E-state index contributed by atoms with van der Waals surface area (Å²) in [4.78, 5) is 12.6. The highest BCUT2D eigenvalue weighted by Crippen LogP contribution is 2.45. The molecule has 2 aromatic carbocycles. The van der Waals surface area contributed by atoms with E-state index < -0.39 is 0 Å². The molecule has 3 aromatic rings. The van der Waals surface area contributed by atoms with Crippen LogP contribution in [0.15, 0.2) is 29.8 Å². The van der Waals surface area contributed by atoms with Crippen molar-refractivity contribution in [2.24, 2.45) is 0 Å². The SMILES string of the molecule is COc1c(C)c(-c2ccc(NC3CCCC3)cc2)c(OC)c(C)c1C=C(C)C(=O)Nc1nn[nH]n1. The summed E-state index contributed by atoms with van der Waals surface area (Å²) >= 11 is 0. The summed E-state index contributed by atoms with van der Waals surface area (Å²) in [5, 5.41) is 19.5. The number of hydrogen-bond acceptors (Lipinski definition) is 7. The second-order valence-electron chi connectivity index (χ2n) is 8.83. The number of aromatic amines is 1. The molecule has 1 aliphatic rings. The normalized spacial score (nSPS) is 14.1. The number of methoxy groups -OCH3 is 2. The van der Waals surface area contributed by atoms with Crippen LogP contribution in [0, 0.1) is 13.8 Å². The van der Waals surface area contributed by atoms with Crippen molar-refractivity contribution in [2.75, 3.05) is 24.9 Å². The maximum absolute atomic E-state index is 12.6. The molecule has 0 bridgehead atoms. The molecular weight excluding hydrogens is 444 g/mol. The van der Waals surface area contributed by atoms with Crippen LogP contribution in [0.3, 0.4) is 0 Å². The molecule has 9 heteroatoms. The fraction of sp³-hybridized carbons (Fsp3) is 0.385. The van der Waals surface area contributed by atoms with Crippen molar-refractivity contribution in [1.29, 1.82) is 0 Å². The minimum Gasteiger partial charge on any atom is -0.496 e. The molecule has 1 heterocycles. The van der Waals surface area contributed by atoms with Gasteiger partial charge in [0.1, 0.15) is 11.5 Å². The minimum absolute atomic E-state index is 0.112. The number of ether oxygens (including phenoxy) is 2. The Labute approximate surface area is 205 Å². The number of hydrogen-bond donors (Lipinski definition) is 3. The second kappa shape index (κ2) is 10.6. The quantitative estimate of drug-likeness (QED) is 0.396. The number of benzene rings is 2. The third-order valence-corrected chi connectivity index (χ3v) is 6.53. The molecule has 1 amide bonds. The van der Waals surface area contributed by atoms with Gasteiger partial charge in [0.2, 0.25) is 0 Å². The van der Waals surface area contributed by atoms with Crippen molar-refractivity contribution in [3.63, 3.8) is 0 Å². The number of tetrazole rings is 1. The van der Waals surface area contributed by atoms with Gasteiger partial charge in [-0.1, -0.05) is 30.1 Å². The third-order valence-electron chi connectivity index (χ3n) is 6.53. The van der Waals surface area contributed by atoms with Gasteiger partial charge in [-0.25, -0.2) is 0 Å². The molecule has 4 rings (SSSR count). The van der Waals surface area contributed by atoms with E-state index in [0.29, 0.717) is 17.4 Å². The van der Waals surface area contributed by atoms with E-state index in [4.69, 9.17) is 9.47 Å². The van der Waals surface area contributed by atoms with E-state index in [1.165, 1.54) is 25.7 Å². The Hall–Kier alpha value is -3.88. The lowest BCUT2D eigenvalue weighted by Gasteiger charge is -2.22. The van der Waals surface area contributed by atoms with E-state index in [2.05, 4.69) is 55.5 Å². The number of nitrogens with zero attached hydrogens (tertiary/aromatic N) is 3. The topological polar surface area (TPSA) is 114 Å². The fourth-order valence-electron chi connectivity index (χ4n) is 4.74. The van der Waals surface area contributed by atoms with Gasteiger partial charge in [0, 0.05) is 39.6 Å². The average molecular weight is 477 g/mol. The molecule has 0 radical (unpaired) electrons. The molecule has 0 saturated heterocycles. The summed E-state index contributed by atoms with van der Waals surface area (Å²) < 4.78 is 11.7. The Balaban J connectivity index is 1.69. The Morgan fingerprint density at radius 3 is 2.34 bits per heavy atom. The molecule has 1 aromatic heterocycles. The van der Waals surface area contributed by atoms with Crippen molar-refractivity contribution in [3.05, 3.63) is 46.5 Å². The lowest BCUT2D eigenvalue weighted by atomic mass is 9.91. The zero-order chi connectivity index (χ0) is 24.9. The van der Waals surface area contributed by atoms with E-state index in [-0.39, 0.29) is 11.9 Å². The van der Waals surface area contributed by atoms with Crippen LogP contribution in [0.5, 0.6) is 11.5 Å². The van der Waals surface area contributed by atoms with Crippen molar-refractivity contribution in [1.82, 2.24) is 20.6 Å². The number of carbonyl (C=O) groups is 1. The smallest absolute Gasteiger partial charge is 0.270 e. The molecule has 9 nitrogen and oxygen atoms in total. The van der Waals surface area contributed by atoms with Gasteiger partial charge < -0.3 is 14.8 Å². The molecule has 1 aliphatic carbocycles. The Kier molecular flexibility index (Phi) is 7.33. The zero-order valence-electron chi connectivity index (χ0n) is 20.9. The van der Waals surface area contributed by atoms with Crippen molar-refractivity contribution >= 4 is 23.6 Å². The van der Waals surface area contributed by atoms with Crippen LogP contribution in [0.25, 0.3) is 17.2 Å². The summed E-state index contributed by atoms with van der Waals surface area (Å²) in [5.41, 5.74) is 6.21. The number of anilines is 2. The molecule has 0 unspecified atom stereocenters. The van der Waals surface area contributed by atoms with E-state index in [1.54, 1.807) is 27.2 Å².